The van der Waals surface area contributed by atoms with E-state index in [9.17, 15) is 4.79 Å². The summed E-state index contributed by atoms with van der Waals surface area (Å²) in [4.78, 5) is 11.4. The van der Waals surface area contributed by atoms with E-state index < -0.39 is 6.09 Å². The van der Waals surface area contributed by atoms with Crippen molar-refractivity contribution in [2.75, 3.05) is 6.61 Å². The first-order chi connectivity index (χ1) is 10.7. The minimum atomic E-state index is -0.540. The maximum absolute atomic E-state index is 11.4. The largest absolute Gasteiger partial charge is 0.449 e. The Morgan fingerprint density at radius 3 is 2.00 bits per heavy atom. The lowest BCUT2D eigenvalue weighted by Gasteiger charge is -2.18. The summed E-state index contributed by atoms with van der Waals surface area (Å²) in [5.41, 5.74) is 5.48. The molecule has 0 atom stereocenters. The van der Waals surface area contributed by atoms with E-state index in [4.69, 9.17) is 4.74 Å². The topological polar surface area (TPSA) is 50.7 Å². The average Bonchev–Trinajstić information content (AvgIpc) is 2.55. The Morgan fingerprint density at radius 1 is 1.05 bits per heavy atom. The summed E-state index contributed by atoms with van der Waals surface area (Å²) in [6.07, 6.45) is -0.540. The van der Waals surface area contributed by atoms with Crippen molar-refractivity contribution in [1.29, 1.82) is 0 Å². The van der Waals surface area contributed by atoms with Crippen LogP contribution in [0.5, 0.6) is 0 Å². The third kappa shape index (κ3) is 4.19. The Kier molecular flexibility index (Phi) is 5.72. The van der Waals surface area contributed by atoms with E-state index in [1.807, 2.05) is 43.3 Å². The highest BCUT2D eigenvalue weighted by Gasteiger charge is 2.17. The van der Waals surface area contributed by atoms with Crippen LogP contribution in [0.3, 0.4) is 0 Å². The first kappa shape index (κ1) is 15.8. The summed E-state index contributed by atoms with van der Waals surface area (Å²) in [5, 5.41) is 4.19. The van der Waals surface area contributed by atoms with Crippen LogP contribution < -0.4 is 5.43 Å². The second kappa shape index (κ2) is 7.98. The first-order valence-electron chi connectivity index (χ1n) is 7.29. The van der Waals surface area contributed by atoms with Gasteiger partial charge in [-0.15, -0.1) is 0 Å². The van der Waals surface area contributed by atoms with Crippen molar-refractivity contribution >= 4 is 11.8 Å². The fourth-order valence-electron chi connectivity index (χ4n) is 2.33. The number of benzene rings is 2. The van der Waals surface area contributed by atoms with Gasteiger partial charge in [-0.25, -0.2) is 10.2 Å². The van der Waals surface area contributed by atoms with E-state index in [-0.39, 0.29) is 5.92 Å². The van der Waals surface area contributed by atoms with Gasteiger partial charge in [-0.05, 0) is 25.0 Å². The van der Waals surface area contributed by atoms with Gasteiger partial charge in [-0.3, -0.25) is 0 Å². The van der Waals surface area contributed by atoms with E-state index in [2.05, 4.69) is 34.8 Å². The second-order valence-electron chi connectivity index (χ2n) is 4.84. The molecule has 2 aromatic rings. The molecule has 2 aromatic carbocycles. The van der Waals surface area contributed by atoms with Crippen LogP contribution in [-0.4, -0.2) is 18.4 Å². The molecular weight excluding hydrogens is 276 g/mol. The summed E-state index contributed by atoms with van der Waals surface area (Å²) in [6, 6.07) is 20.2. The standard InChI is InChI=1S/C18H20N2O2/c1-3-22-18(21)20-19-14(2)17(15-10-6-4-7-11-15)16-12-8-5-9-13-16/h4-13,17H,3H2,1-2H3,(H,20,21)/b19-14-. The zero-order valence-electron chi connectivity index (χ0n) is 12.8. The van der Waals surface area contributed by atoms with Crippen molar-refractivity contribution in [2.24, 2.45) is 5.10 Å². The molecule has 0 aliphatic heterocycles. The summed E-state index contributed by atoms with van der Waals surface area (Å²) >= 11 is 0. The molecule has 4 nitrogen and oxygen atoms in total. The van der Waals surface area contributed by atoms with Gasteiger partial charge in [0.1, 0.15) is 0 Å². The molecule has 2 rings (SSSR count). The molecule has 0 bridgehead atoms. The van der Waals surface area contributed by atoms with Crippen LogP contribution in [0.1, 0.15) is 30.9 Å². The average molecular weight is 296 g/mol. The molecule has 114 valence electrons. The molecule has 0 spiro atoms. The zero-order chi connectivity index (χ0) is 15.8. The van der Waals surface area contributed by atoms with Gasteiger partial charge in [0.15, 0.2) is 0 Å². The maximum Gasteiger partial charge on any atom is 0.427 e. The molecule has 0 aromatic heterocycles. The molecule has 0 radical (unpaired) electrons. The molecule has 0 unspecified atom stereocenters. The number of nitrogens with zero attached hydrogens (tertiary/aromatic N) is 1. The van der Waals surface area contributed by atoms with E-state index in [1.54, 1.807) is 6.92 Å². The molecule has 0 aliphatic rings. The van der Waals surface area contributed by atoms with Crippen LogP contribution in [0.15, 0.2) is 65.8 Å². The van der Waals surface area contributed by atoms with Crippen molar-refractivity contribution in [3.8, 4) is 0 Å². The smallest absolute Gasteiger partial charge is 0.427 e. The lowest BCUT2D eigenvalue weighted by Crippen LogP contribution is -2.22. The summed E-state index contributed by atoms with van der Waals surface area (Å²) in [5.74, 6) is -0.00988. The highest BCUT2D eigenvalue weighted by atomic mass is 16.5. The number of amides is 1. The first-order valence-corrected chi connectivity index (χ1v) is 7.29. The number of carbonyl (C=O) groups is 1. The predicted molar refractivity (Wildman–Crippen MR) is 88.0 cm³/mol. The third-order valence-corrected chi connectivity index (χ3v) is 3.28. The lowest BCUT2D eigenvalue weighted by atomic mass is 9.88. The van der Waals surface area contributed by atoms with Crippen LogP contribution in [0.4, 0.5) is 4.79 Å². The monoisotopic (exact) mass is 296 g/mol. The van der Waals surface area contributed by atoms with Gasteiger partial charge in [0.05, 0.1) is 6.61 Å². The predicted octanol–water partition coefficient (Wildman–Crippen LogP) is 3.94. The van der Waals surface area contributed by atoms with Crippen molar-refractivity contribution in [1.82, 2.24) is 5.43 Å². The van der Waals surface area contributed by atoms with Crippen molar-refractivity contribution in [3.63, 3.8) is 0 Å². The van der Waals surface area contributed by atoms with E-state index in [0.717, 1.165) is 16.8 Å². The fourth-order valence-corrected chi connectivity index (χ4v) is 2.33. The van der Waals surface area contributed by atoms with Gasteiger partial charge in [0.25, 0.3) is 0 Å². The Balaban J connectivity index is 2.29. The highest BCUT2D eigenvalue weighted by molar-refractivity contribution is 5.92. The van der Waals surface area contributed by atoms with Crippen LogP contribution in [-0.2, 0) is 4.74 Å². The van der Waals surface area contributed by atoms with Gasteiger partial charge >= 0.3 is 6.09 Å². The maximum atomic E-state index is 11.4. The summed E-state index contributed by atoms with van der Waals surface area (Å²) < 4.78 is 4.83. The SMILES string of the molecule is CCOC(=O)N/N=C(/C)C(c1ccccc1)c1ccccc1. The van der Waals surface area contributed by atoms with E-state index >= 15 is 0 Å². The number of hydrogen-bond donors (Lipinski definition) is 1. The molecule has 1 N–H and O–H groups in total. The minimum Gasteiger partial charge on any atom is -0.449 e. The number of ether oxygens (including phenoxy) is 1. The van der Waals surface area contributed by atoms with E-state index in [0.29, 0.717) is 6.61 Å². The Morgan fingerprint density at radius 2 is 1.55 bits per heavy atom. The fraction of sp³-hybridized carbons (Fsp3) is 0.222. The number of rotatable bonds is 5. The lowest BCUT2D eigenvalue weighted by molar-refractivity contribution is 0.152. The quantitative estimate of drug-likeness (QED) is 0.671. The van der Waals surface area contributed by atoms with Gasteiger partial charge in [0, 0.05) is 11.6 Å². The van der Waals surface area contributed by atoms with E-state index in [1.165, 1.54) is 0 Å². The Labute approximate surface area is 130 Å². The second-order valence-corrected chi connectivity index (χ2v) is 4.84. The van der Waals surface area contributed by atoms with Crippen LogP contribution in [0.2, 0.25) is 0 Å². The molecule has 0 heterocycles. The van der Waals surface area contributed by atoms with Crippen LogP contribution in [0.25, 0.3) is 0 Å². The van der Waals surface area contributed by atoms with Gasteiger partial charge in [0.2, 0.25) is 0 Å². The van der Waals surface area contributed by atoms with Crippen LogP contribution >= 0.6 is 0 Å². The molecule has 22 heavy (non-hydrogen) atoms. The Bertz CT molecular complexity index is 585. The summed E-state index contributed by atoms with van der Waals surface area (Å²) in [6.45, 7) is 3.98. The number of nitrogens with one attached hydrogen (secondary N) is 1. The van der Waals surface area contributed by atoms with Gasteiger partial charge in [-0.1, -0.05) is 60.7 Å². The highest BCUT2D eigenvalue weighted by Crippen LogP contribution is 2.25. The Hall–Kier alpha value is -2.62. The number of hydrogen-bond acceptors (Lipinski definition) is 3. The minimum absolute atomic E-state index is 0.00988. The molecule has 0 aliphatic carbocycles. The normalized spacial score (nSPS) is 11.3. The molecule has 0 saturated carbocycles. The zero-order valence-corrected chi connectivity index (χ0v) is 12.8. The molecule has 4 heteroatoms. The van der Waals surface area contributed by atoms with Gasteiger partial charge in [-0.2, -0.15) is 5.10 Å². The van der Waals surface area contributed by atoms with Crippen LogP contribution in [0, 0.1) is 0 Å². The molecule has 0 saturated heterocycles. The van der Waals surface area contributed by atoms with Crippen molar-refractivity contribution < 1.29 is 9.53 Å². The summed E-state index contributed by atoms with van der Waals surface area (Å²) in [7, 11) is 0. The van der Waals surface area contributed by atoms with Crippen molar-refractivity contribution in [2.45, 2.75) is 19.8 Å². The van der Waals surface area contributed by atoms with Gasteiger partial charge < -0.3 is 4.74 Å². The molecular formula is C18H20N2O2. The third-order valence-electron chi connectivity index (χ3n) is 3.28. The number of carbonyl (C=O) groups excluding carboxylic acids is 1. The molecule has 1 amide bonds. The molecule has 0 fully saturated rings. The van der Waals surface area contributed by atoms with Crippen molar-refractivity contribution in [3.05, 3.63) is 71.8 Å². The number of hydrazone groups is 1.